The summed E-state index contributed by atoms with van der Waals surface area (Å²) in [5, 5.41) is 23.1. The van der Waals surface area contributed by atoms with Crippen molar-refractivity contribution in [1.29, 1.82) is 0 Å². The molecule has 1 aliphatic rings. The molecule has 0 spiro atoms. The molecule has 23 heavy (non-hydrogen) atoms. The highest BCUT2D eigenvalue weighted by Crippen LogP contribution is 2.16. The number of aliphatic carboxylic acids is 1. The summed E-state index contributed by atoms with van der Waals surface area (Å²) in [5.74, 6) is -2.76. The monoisotopic (exact) mass is 335 g/mol. The fourth-order valence-corrected chi connectivity index (χ4v) is 2.10. The number of aliphatic hydroxyl groups excluding tert-OH is 1. The first-order valence-electron chi connectivity index (χ1n) is 7.08. The van der Waals surface area contributed by atoms with Gasteiger partial charge < -0.3 is 20.8 Å². The minimum Gasteiger partial charge on any atom is -0.475 e. The van der Waals surface area contributed by atoms with Crippen molar-refractivity contribution < 1.29 is 28.2 Å². The Morgan fingerprint density at radius 3 is 2.43 bits per heavy atom. The van der Waals surface area contributed by atoms with Crippen molar-refractivity contribution in [3.8, 4) is 0 Å². The number of anilines is 1. The molecule has 1 fully saturated rings. The number of nitrogens with zero attached hydrogens (tertiary/aromatic N) is 1. The van der Waals surface area contributed by atoms with Gasteiger partial charge in [0, 0.05) is 17.4 Å². The second-order valence-electron chi connectivity index (χ2n) is 5.12. The molecule has 1 aromatic heterocycles. The van der Waals surface area contributed by atoms with Gasteiger partial charge in [0.05, 0.1) is 12.3 Å². The van der Waals surface area contributed by atoms with Crippen molar-refractivity contribution >= 4 is 11.7 Å². The smallest absolute Gasteiger partial charge is 0.475 e. The summed E-state index contributed by atoms with van der Waals surface area (Å²) in [6.07, 6.45) is -2.79. The van der Waals surface area contributed by atoms with Crippen molar-refractivity contribution in [1.82, 2.24) is 10.3 Å². The molecule has 4 N–H and O–H groups in total. The van der Waals surface area contributed by atoms with Crippen LogP contribution in [0, 0.1) is 6.92 Å². The number of nitrogens with one attached hydrogen (secondary N) is 2. The van der Waals surface area contributed by atoms with Crippen LogP contribution in [0.1, 0.15) is 24.2 Å². The van der Waals surface area contributed by atoms with Gasteiger partial charge in [-0.15, -0.1) is 0 Å². The maximum absolute atomic E-state index is 10.6. The summed E-state index contributed by atoms with van der Waals surface area (Å²) in [5.41, 5.74) is 2.75. The van der Waals surface area contributed by atoms with Crippen LogP contribution in [0.4, 0.5) is 18.9 Å². The van der Waals surface area contributed by atoms with Gasteiger partial charge in [-0.2, -0.15) is 13.2 Å². The summed E-state index contributed by atoms with van der Waals surface area (Å²) >= 11 is 0. The predicted molar refractivity (Wildman–Crippen MR) is 78.1 cm³/mol. The second kappa shape index (κ2) is 8.68. The third kappa shape index (κ3) is 7.29. The van der Waals surface area contributed by atoms with Crippen molar-refractivity contribution in [2.24, 2.45) is 0 Å². The maximum atomic E-state index is 10.6. The van der Waals surface area contributed by atoms with E-state index in [-0.39, 0.29) is 6.61 Å². The van der Waals surface area contributed by atoms with Crippen LogP contribution in [0.5, 0.6) is 0 Å². The van der Waals surface area contributed by atoms with Crippen LogP contribution in [0.15, 0.2) is 12.1 Å². The van der Waals surface area contributed by atoms with E-state index in [1.54, 1.807) is 0 Å². The Morgan fingerprint density at radius 1 is 1.39 bits per heavy atom. The molecule has 0 saturated carbocycles. The highest BCUT2D eigenvalue weighted by molar-refractivity contribution is 5.73. The Morgan fingerprint density at radius 2 is 1.96 bits per heavy atom. The fraction of sp³-hybridized carbons (Fsp3) is 0.571. The molecule has 1 aliphatic heterocycles. The Bertz CT molecular complexity index is 518. The summed E-state index contributed by atoms with van der Waals surface area (Å²) in [6, 6.07) is 4.49. The molecule has 2 rings (SSSR count). The molecule has 0 aliphatic carbocycles. The van der Waals surface area contributed by atoms with Gasteiger partial charge in [0.25, 0.3) is 0 Å². The molecule has 9 heteroatoms. The minimum atomic E-state index is -5.08. The lowest BCUT2D eigenvalue weighted by atomic mass is 10.1. The van der Waals surface area contributed by atoms with Crippen LogP contribution in [-0.2, 0) is 11.4 Å². The number of carboxylic acid groups (broad SMARTS) is 1. The lowest BCUT2D eigenvalue weighted by molar-refractivity contribution is -0.192. The van der Waals surface area contributed by atoms with Gasteiger partial charge in [-0.05, 0) is 45.0 Å². The molecular formula is C14H20F3N3O3. The van der Waals surface area contributed by atoms with Crippen LogP contribution >= 0.6 is 0 Å². The number of aliphatic hydroxyl groups is 1. The Balaban J connectivity index is 0.000000322. The number of piperidine rings is 1. The van der Waals surface area contributed by atoms with Gasteiger partial charge in [-0.25, -0.2) is 4.79 Å². The van der Waals surface area contributed by atoms with E-state index >= 15 is 0 Å². The van der Waals surface area contributed by atoms with E-state index in [0.29, 0.717) is 6.04 Å². The zero-order valence-electron chi connectivity index (χ0n) is 12.7. The average Bonchev–Trinajstić information content (AvgIpc) is 2.47. The van der Waals surface area contributed by atoms with Crippen molar-refractivity contribution in [3.63, 3.8) is 0 Å². The molecular weight excluding hydrogens is 315 g/mol. The van der Waals surface area contributed by atoms with Gasteiger partial charge in [0.1, 0.15) is 0 Å². The first kappa shape index (κ1) is 19.2. The standard InChI is InChI=1S/C12H19N3O.C2HF3O2/c1-9-6-11(7-12(8-16)14-9)15-10-2-4-13-5-3-10;3-2(4,5)1(6)7/h6-7,10,13,16H,2-5,8H2,1H3,(H,14,15);(H,6,7). The van der Waals surface area contributed by atoms with Crippen LogP contribution in [0.3, 0.4) is 0 Å². The first-order chi connectivity index (χ1) is 10.7. The number of carbonyl (C=O) groups is 1. The number of alkyl halides is 3. The largest absolute Gasteiger partial charge is 0.490 e. The van der Waals surface area contributed by atoms with E-state index < -0.39 is 12.1 Å². The highest BCUT2D eigenvalue weighted by atomic mass is 19.4. The lowest BCUT2D eigenvalue weighted by Crippen LogP contribution is -2.35. The second-order valence-corrected chi connectivity index (χ2v) is 5.12. The number of hydrogen-bond acceptors (Lipinski definition) is 5. The van der Waals surface area contributed by atoms with Crippen LogP contribution < -0.4 is 10.6 Å². The number of carboxylic acids is 1. The van der Waals surface area contributed by atoms with E-state index in [0.717, 1.165) is 43.0 Å². The van der Waals surface area contributed by atoms with Gasteiger partial charge >= 0.3 is 12.1 Å². The fourth-order valence-electron chi connectivity index (χ4n) is 2.10. The maximum Gasteiger partial charge on any atom is 0.490 e. The summed E-state index contributed by atoms with van der Waals surface area (Å²) in [6.45, 7) is 4.11. The van der Waals surface area contributed by atoms with Crippen molar-refractivity contribution in [2.45, 2.75) is 38.6 Å². The summed E-state index contributed by atoms with van der Waals surface area (Å²) in [7, 11) is 0. The van der Waals surface area contributed by atoms with Gasteiger partial charge in [-0.1, -0.05) is 0 Å². The van der Waals surface area contributed by atoms with E-state index in [1.807, 2.05) is 19.1 Å². The SMILES string of the molecule is Cc1cc(NC2CCNCC2)cc(CO)n1.O=C(O)C(F)(F)F. The zero-order valence-corrected chi connectivity index (χ0v) is 12.7. The molecule has 1 aromatic rings. The quantitative estimate of drug-likeness (QED) is 0.671. The van der Waals surface area contributed by atoms with Crippen molar-refractivity contribution in [2.75, 3.05) is 18.4 Å². The van der Waals surface area contributed by atoms with Gasteiger partial charge in [0.15, 0.2) is 0 Å². The van der Waals surface area contributed by atoms with E-state index in [4.69, 9.17) is 15.0 Å². The lowest BCUT2D eigenvalue weighted by Gasteiger charge is -2.25. The van der Waals surface area contributed by atoms with Crippen LogP contribution in [-0.4, -0.2) is 46.5 Å². The Labute approximate surface area is 131 Å². The third-order valence-electron chi connectivity index (χ3n) is 3.12. The molecule has 0 aromatic carbocycles. The Hall–Kier alpha value is -1.87. The Kier molecular flexibility index (Phi) is 7.24. The molecule has 0 atom stereocenters. The van der Waals surface area contributed by atoms with E-state index in [9.17, 15) is 13.2 Å². The molecule has 0 amide bonds. The van der Waals surface area contributed by atoms with E-state index in [1.165, 1.54) is 0 Å². The molecule has 6 nitrogen and oxygen atoms in total. The summed E-state index contributed by atoms with van der Waals surface area (Å²) < 4.78 is 31.7. The molecule has 0 radical (unpaired) electrons. The number of aromatic nitrogens is 1. The highest BCUT2D eigenvalue weighted by Gasteiger charge is 2.38. The van der Waals surface area contributed by atoms with Gasteiger partial charge in [0.2, 0.25) is 0 Å². The third-order valence-corrected chi connectivity index (χ3v) is 3.12. The molecule has 2 heterocycles. The number of aryl methyl sites for hydroxylation is 1. The van der Waals surface area contributed by atoms with Gasteiger partial charge in [-0.3, -0.25) is 4.98 Å². The average molecular weight is 335 g/mol. The van der Waals surface area contributed by atoms with Crippen LogP contribution in [0.2, 0.25) is 0 Å². The molecule has 0 bridgehead atoms. The number of pyridine rings is 1. The van der Waals surface area contributed by atoms with Crippen LogP contribution in [0.25, 0.3) is 0 Å². The minimum absolute atomic E-state index is 0.00256. The first-order valence-corrected chi connectivity index (χ1v) is 7.08. The number of rotatable bonds is 3. The topological polar surface area (TPSA) is 94.5 Å². The summed E-state index contributed by atoms with van der Waals surface area (Å²) in [4.78, 5) is 13.1. The molecule has 1 saturated heterocycles. The predicted octanol–water partition coefficient (Wildman–Crippen LogP) is 1.68. The molecule has 130 valence electrons. The van der Waals surface area contributed by atoms with Crippen molar-refractivity contribution in [3.05, 3.63) is 23.5 Å². The normalized spacial score (nSPS) is 15.5. The number of halogens is 3. The number of hydrogen-bond donors (Lipinski definition) is 4. The zero-order chi connectivity index (χ0) is 17.5. The molecule has 0 unspecified atom stereocenters. The van der Waals surface area contributed by atoms with E-state index in [2.05, 4.69) is 15.6 Å².